The Kier molecular flexibility index (Phi) is 9.56. The van der Waals surface area contributed by atoms with Gasteiger partial charge in [-0.1, -0.05) is 206 Å². The second kappa shape index (κ2) is 17.1. The number of hydrogen-bond acceptors (Lipinski definition) is 3. The van der Waals surface area contributed by atoms with E-state index in [0.29, 0.717) is 24.0 Å². The maximum absolute atomic E-state index is 5.65. The lowest BCUT2D eigenvalue weighted by Crippen LogP contribution is -2.16. The molecule has 7 heteroatoms. The van der Waals surface area contributed by atoms with Gasteiger partial charge in [0, 0.05) is 76.4 Å². The van der Waals surface area contributed by atoms with Crippen LogP contribution in [0.25, 0.3) is 138 Å². The molecule has 0 aliphatic heterocycles. The molecule has 0 N–H and O–H groups in total. The van der Waals surface area contributed by atoms with Crippen molar-refractivity contribution in [2.24, 2.45) is 0 Å². The molecule has 0 radical (unpaired) electrons. The summed E-state index contributed by atoms with van der Waals surface area (Å²) in [6, 6.07) is 93.9. The van der Waals surface area contributed by atoms with E-state index < -0.39 is 0 Å². The van der Waals surface area contributed by atoms with Crippen molar-refractivity contribution >= 4 is 87.2 Å². The van der Waals surface area contributed by atoms with E-state index in [0.717, 1.165) is 94.2 Å². The minimum absolute atomic E-state index is 0.473. The Labute approximate surface area is 442 Å². The number of rotatable bonds is 8. The first-order chi connectivity index (χ1) is 38.2. The molecule has 0 saturated heterocycles. The minimum Gasteiger partial charge on any atom is -0.336 e. The molecule has 0 amide bonds. The lowest BCUT2D eigenvalue weighted by atomic mass is 9.99. The van der Waals surface area contributed by atoms with E-state index in [9.17, 15) is 0 Å². The molecule has 7 nitrogen and oxygen atoms in total. The summed E-state index contributed by atoms with van der Waals surface area (Å²) >= 11 is 0. The van der Waals surface area contributed by atoms with Crippen LogP contribution in [0.4, 0.5) is 0 Å². The molecule has 0 saturated carbocycles. The van der Waals surface area contributed by atoms with Crippen LogP contribution in [0.1, 0.15) is 5.56 Å². The Morgan fingerprint density at radius 3 is 0.922 bits per heavy atom. The normalized spacial score (nSPS) is 11.9. The predicted octanol–water partition coefficient (Wildman–Crippen LogP) is 17.3. The second-order valence-electron chi connectivity index (χ2n) is 19.9. The fraction of sp³-hybridized carbons (Fsp3) is 0.0143. The van der Waals surface area contributed by atoms with E-state index >= 15 is 0 Å². The summed E-state index contributed by atoms with van der Waals surface area (Å²) in [5.41, 5.74) is 15.7. The number of aromatic nitrogens is 7. The Hall–Kier alpha value is -10.4. The molecule has 77 heavy (non-hydrogen) atoms. The van der Waals surface area contributed by atoms with Gasteiger partial charge in [0.1, 0.15) is 0 Å². The summed E-state index contributed by atoms with van der Waals surface area (Å²) < 4.78 is 10.1. The third-order valence-corrected chi connectivity index (χ3v) is 15.7. The monoisotopic (exact) mass is 983 g/mol. The third-order valence-electron chi connectivity index (χ3n) is 15.7. The average molecular weight is 984 g/mol. The number of hydrogen-bond donors (Lipinski definition) is 0. The van der Waals surface area contributed by atoms with E-state index in [1.54, 1.807) is 0 Å². The largest absolute Gasteiger partial charge is 0.336 e. The van der Waals surface area contributed by atoms with Gasteiger partial charge in [-0.2, -0.15) is 0 Å². The van der Waals surface area contributed by atoms with E-state index in [4.69, 9.17) is 15.0 Å². The Morgan fingerprint density at radius 1 is 0.260 bits per heavy atom. The van der Waals surface area contributed by atoms with Crippen molar-refractivity contribution in [1.82, 2.24) is 33.2 Å². The van der Waals surface area contributed by atoms with Gasteiger partial charge in [-0.25, -0.2) is 15.0 Å². The maximum atomic E-state index is 5.65. The molecular weight excluding hydrogens is 939 g/mol. The summed E-state index contributed by atoms with van der Waals surface area (Å²) in [6.45, 7) is 0.473. The smallest absolute Gasteiger partial charge is 0.166 e. The predicted molar refractivity (Wildman–Crippen MR) is 318 cm³/mol. The zero-order valence-corrected chi connectivity index (χ0v) is 41.7. The molecule has 0 bridgehead atoms. The topological polar surface area (TPSA) is 58.4 Å². The van der Waals surface area contributed by atoms with E-state index in [-0.39, 0.29) is 0 Å². The van der Waals surface area contributed by atoms with Gasteiger partial charge in [0.25, 0.3) is 0 Å². The van der Waals surface area contributed by atoms with Gasteiger partial charge >= 0.3 is 0 Å². The highest BCUT2D eigenvalue weighted by Gasteiger charge is 2.31. The number of nitrogens with zero attached hydrogens (tertiary/aromatic N) is 7. The number of fused-ring (bicyclic) bond motifs is 12. The molecule has 16 aromatic rings. The standard InChI is InChI=1S/C70H45N7/c1-3-23-45(24-4-1)68-71-69(46-25-5-2-6-26-46)73-70(72-68)55-43-65(75-59-37-17-9-29-49(59)50-30-10-18-38-60(50)75)67(77-63-41-21-13-33-53(63)54-34-14-22-42-64(54)77)56(44-74-57-35-15-7-27-47(57)48-28-8-16-36-58(48)74)66(55)76-61-39-19-11-31-51(61)52-32-12-20-40-62(52)76/h1-43H,44H2. The van der Waals surface area contributed by atoms with Crippen LogP contribution in [-0.2, 0) is 6.54 Å². The Bertz CT molecular complexity index is 4750. The van der Waals surface area contributed by atoms with Gasteiger partial charge in [-0.05, 0) is 54.6 Å². The van der Waals surface area contributed by atoms with Gasteiger partial charge in [-0.3, -0.25) is 0 Å². The zero-order chi connectivity index (χ0) is 50.6. The molecule has 5 heterocycles. The molecule has 11 aromatic carbocycles. The summed E-state index contributed by atoms with van der Waals surface area (Å²) in [7, 11) is 0. The van der Waals surface area contributed by atoms with Crippen molar-refractivity contribution in [3.63, 3.8) is 0 Å². The van der Waals surface area contributed by atoms with Gasteiger partial charge < -0.3 is 18.3 Å². The van der Waals surface area contributed by atoms with Crippen LogP contribution in [0.5, 0.6) is 0 Å². The summed E-state index contributed by atoms with van der Waals surface area (Å²) in [4.78, 5) is 16.6. The third kappa shape index (κ3) is 6.54. The van der Waals surface area contributed by atoms with E-state index in [2.05, 4.69) is 267 Å². The number of para-hydroxylation sites is 8. The molecular formula is C70H45N7. The zero-order valence-electron chi connectivity index (χ0n) is 41.7. The van der Waals surface area contributed by atoms with Gasteiger partial charge in [-0.15, -0.1) is 0 Å². The molecule has 16 rings (SSSR count). The van der Waals surface area contributed by atoms with Crippen molar-refractivity contribution in [3.8, 4) is 51.2 Å². The fourth-order valence-corrected chi connectivity index (χ4v) is 12.5. The van der Waals surface area contributed by atoms with Crippen LogP contribution in [0, 0.1) is 0 Å². The summed E-state index contributed by atoms with van der Waals surface area (Å²) in [5.74, 6) is 1.75. The average Bonchev–Trinajstić information content (AvgIpc) is 4.31. The van der Waals surface area contributed by atoms with Crippen molar-refractivity contribution in [2.75, 3.05) is 0 Å². The molecule has 0 aliphatic rings. The first kappa shape index (κ1) is 43.1. The van der Waals surface area contributed by atoms with Crippen LogP contribution in [0.3, 0.4) is 0 Å². The maximum Gasteiger partial charge on any atom is 0.166 e. The first-order valence-electron chi connectivity index (χ1n) is 26.2. The molecule has 0 fully saturated rings. The second-order valence-corrected chi connectivity index (χ2v) is 19.9. The Morgan fingerprint density at radius 2 is 0.545 bits per heavy atom. The van der Waals surface area contributed by atoms with Crippen LogP contribution >= 0.6 is 0 Å². The number of benzene rings is 11. The van der Waals surface area contributed by atoms with Crippen LogP contribution < -0.4 is 0 Å². The minimum atomic E-state index is 0.473. The van der Waals surface area contributed by atoms with Gasteiger partial charge in [0.05, 0.1) is 56.7 Å². The lowest BCUT2D eigenvalue weighted by molar-refractivity contribution is 0.846. The lowest BCUT2D eigenvalue weighted by Gasteiger charge is -2.27. The van der Waals surface area contributed by atoms with Crippen LogP contribution in [0.15, 0.2) is 261 Å². The van der Waals surface area contributed by atoms with Crippen molar-refractivity contribution in [3.05, 3.63) is 266 Å². The molecule has 0 aliphatic carbocycles. The molecule has 0 unspecified atom stereocenters. The van der Waals surface area contributed by atoms with Crippen molar-refractivity contribution in [2.45, 2.75) is 6.54 Å². The van der Waals surface area contributed by atoms with Crippen molar-refractivity contribution in [1.29, 1.82) is 0 Å². The highest BCUT2D eigenvalue weighted by molar-refractivity contribution is 6.14. The molecule has 5 aromatic heterocycles. The van der Waals surface area contributed by atoms with Crippen LogP contribution in [-0.4, -0.2) is 33.2 Å². The molecule has 0 atom stereocenters. The van der Waals surface area contributed by atoms with Gasteiger partial charge in [0.15, 0.2) is 17.5 Å². The van der Waals surface area contributed by atoms with Crippen LogP contribution in [0.2, 0.25) is 0 Å². The summed E-state index contributed by atoms with van der Waals surface area (Å²) in [6.07, 6.45) is 0. The summed E-state index contributed by atoms with van der Waals surface area (Å²) in [5, 5.41) is 9.43. The quantitative estimate of drug-likeness (QED) is 0.152. The van der Waals surface area contributed by atoms with E-state index in [1.807, 2.05) is 12.1 Å². The highest BCUT2D eigenvalue weighted by atomic mass is 15.1. The SMILES string of the molecule is c1ccc(-c2nc(-c3ccccc3)nc(-c3cc(-n4c5ccccc5c5ccccc54)c(-n4c5ccccc5c5ccccc54)c(Cn4c5ccccc5c5ccccc54)c3-n3c4ccccc4c4ccccc43)n2)cc1. The Balaban J connectivity index is 1.19. The van der Waals surface area contributed by atoms with Crippen molar-refractivity contribution < 1.29 is 0 Å². The van der Waals surface area contributed by atoms with E-state index in [1.165, 1.54) is 32.3 Å². The highest BCUT2D eigenvalue weighted by Crippen LogP contribution is 2.47. The fourth-order valence-electron chi connectivity index (χ4n) is 12.5. The molecule has 0 spiro atoms. The van der Waals surface area contributed by atoms with Gasteiger partial charge in [0.2, 0.25) is 0 Å². The molecule has 360 valence electrons. The first-order valence-corrected chi connectivity index (χ1v) is 26.2.